The predicted molar refractivity (Wildman–Crippen MR) is 103 cm³/mol. The third-order valence-electron chi connectivity index (χ3n) is 3.76. The van der Waals surface area contributed by atoms with Crippen molar-refractivity contribution in [3.05, 3.63) is 28.7 Å². The first-order chi connectivity index (χ1) is 10.0. The lowest BCUT2D eigenvalue weighted by atomic mass is 10.3. The van der Waals surface area contributed by atoms with Gasteiger partial charge in [0.2, 0.25) is 0 Å². The molecule has 0 radical (unpaired) electrons. The molecule has 9 heteroatoms. The minimum Gasteiger partial charge on any atom is -0.329 e. The van der Waals surface area contributed by atoms with Gasteiger partial charge in [0, 0.05) is 50.3 Å². The van der Waals surface area contributed by atoms with E-state index in [1.165, 1.54) is 0 Å². The van der Waals surface area contributed by atoms with Crippen LogP contribution >= 0.6 is 40.7 Å². The van der Waals surface area contributed by atoms with Crippen molar-refractivity contribution >= 4 is 50.6 Å². The smallest absolute Gasteiger partial charge is 0.179 e. The van der Waals surface area contributed by atoms with Crippen LogP contribution in [0.25, 0.3) is 0 Å². The van der Waals surface area contributed by atoms with Crippen LogP contribution in [0, 0.1) is 0 Å². The summed E-state index contributed by atoms with van der Waals surface area (Å²) in [6.07, 6.45) is 0. The third kappa shape index (κ3) is 7.25. The zero-order valence-electron chi connectivity index (χ0n) is 12.9. The lowest BCUT2D eigenvalue weighted by molar-refractivity contribution is 0.141. The number of hydrogen-bond acceptors (Lipinski definition) is 5. The van der Waals surface area contributed by atoms with Crippen molar-refractivity contribution in [1.29, 1.82) is 0 Å². The van der Waals surface area contributed by atoms with E-state index in [1.54, 1.807) is 24.3 Å². The van der Waals surface area contributed by atoms with E-state index in [9.17, 15) is 8.42 Å². The van der Waals surface area contributed by atoms with Gasteiger partial charge in [-0.05, 0) is 24.3 Å². The lowest BCUT2D eigenvalue weighted by Crippen LogP contribution is -2.48. The SMILES string of the molecule is Cl.Cl.NCCN1CCN(CCS(=O)(=O)c2ccc(Br)cc2)CC1. The van der Waals surface area contributed by atoms with Crippen LogP contribution in [0.15, 0.2) is 33.6 Å². The average Bonchev–Trinajstić information content (AvgIpc) is 2.47. The Morgan fingerprint density at radius 2 is 1.43 bits per heavy atom. The number of nitrogens with two attached hydrogens (primary N) is 1. The number of halogens is 3. The molecule has 1 aliphatic heterocycles. The van der Waals surface area contributed by atoms with Gasteiger partial charge in [0.25, 0.3) is 0 Å². The van der Waals surface area contributed by atoms with Gasteiger partial charge >= 0.3 is 0 Å². The minimum atomic E-state index is -3.20. The van der Waals surface area contributed by atoms with E-state index in [1.807, 2.05) is 0 Å². The van der Waals surface area contributed by atoms with Crippen LogP contribution in [0.4, 0.5) is 0 Å². The number of rotatable bonds is 6. The largest absolute Gasteiger partial charge is 0.329 e. The van der Waals surface area contributed by atoms with Gasteiger partial charge in [-0.3, -0.25) is 9.80 Å². The fraction of sp³-hybridized carbons (Fsp3) is 0.571. The van der Waals surface area contributed by atoms with E-state index in [-0.39, 0.29) is 30.6 Å². The molecule has 1 heterocycles. The van der Waals surface area contributed by atoms with Crippen molar-refractivity contribution in [3.8, 4) is 0 Å². The normalized spacial score (nSPS) is 16.4. The first kappa shape index (κ1) is 23.1. The van der Waals surface area contributed by atoms with Gasteiger partial charge in [-0.2, -0.15) is 0 Å². The first-order valence-corrected chi connectivity index (χ1v) is 9.59. The van der Waals surface area contributed by atoms with E-state index in [2.05, 4.69) is 25.7 Å². The quantitative estimate of drug-likeness (QED) is 0.716. The minimum absolute atomic E-state index is 0. The summed E-state index contributed by atoms with van der Waals surface area (Å²) in [5.74, 6) is 0.172. The Balaban J connectivity index is 0.00000242. The number of sulfone groups is 1. The molecule has 0 saturated carbocycles. The summed E-state index contributed by atoms with van der Waals surface area (Å²) in [6, 6.07) is 6.83. The van der Waals surface area contributed by atoms with E-state index < -0.39 is 9.84 Å². The van der Waals surface area contributed by atoms with Gasteiger partial charge in [0.1, 0.15) is 0 Å². The number of nitrogens with zero attached hydrogens (tertiary/aromatic N) is 2. The monoisotopic (exact) mass is 447 g/mol. The molecule has 0 aromatic heterocycles. The van der Waals surface area contributed by atoms with Crippen LogP contribution in [0.3, 0.4) is 0 Å². The standard InChI is InChI=1S/C14H22BrN3O2S.2ClH/c15-13-1-3-14(4-2-13)21(19,20)12-11-18-9-7-17(6-5-16)8-10-18;;/h1-4H,5-12,16H2;2*1H. The summed E-state index contributed by atoms with van der Waals surface area (Å²) in [5, 5.41) is 0. The van der Waals surface area contributed by atoms with Crippen molar-refractivity contribution in [2.75, 3.05) is 51.6 Å². The van der Waals surface area contributed by atoms with Crippen LogP contribution in [0.5, 0.6) is 0 Å². The van der Waals surface area contributed by atoms with Crippen molar-refractivity contribution < 1.29 is 8.42 Å². The van der Waals surface area contributed by atoms with Crippen LogP contribution in [-0.4, -0.2) is 69.8 Å². The second-order valence-corrected chi connectivity index (χ2v) is 8.27. The predicted octanol–water partition coefficient (Wildman–Crippen LogP) is 1.64. The van der Waals surface area contributed by atoms with Crippen LogP contribution < -0.4 is 5.73 Å². The molecule has 23 heavy (non-hydrogen) atoms. The fourth-order valence-electron chi connectivity index (χ4n) is 2.43. The summed E-state index contributed by atoms with van der Waals surface area (Å²) in [4.78, 5) is 4.93. The van der Waals surface area contributed by atoms with Crippen molar-refractivity contribution in [3.63, 3.8) is 0 Å². The Labute approximate surface area is 159 Å². The molecular formula is C14H24BrCl2N3O2S. The topological polar surface area (TPSA) is 66.6 Å². The molecular weight excluding hydrogens is 425 g/mol. The molecule has 1 fully saturated rings. The molecule has 1 saturated heterocycles. The molecule has 0 aliphatic carbocycles. The molecule has 2 rings (SSSR count). The van der Waals surface area contributed by atoms with Crippen molar-refractivity contribution in [2.24, 2.45) is 5.73 Å². The molecule has 1 aliphatic rings. The van der Waals surface area contributed by atoms with Crippen LogP contribution in [0.1, 0.15) is 0 Å². The summed E-state index contributed by atoms with van der Waals surface area (Å²) < 4.78 is 25.5. The zero-order valence-corrected chi connectivity index (χ0v) is 16.9. The summed E-state index contributed by atoms with van der Waals surface area (Å²) in [7, 11) is -3.20. The Hall–Kier alpha value is 0.110. The van der Waals surface area contributed by atoms with E-state index in [0.717, 1.165) is 37.2 Å². The summed E-state index contributed by atoms with van der Waals surface area (Å²) in [6.45, 7) is 5.95. The van der Waals surface area contributed by atoms with Gasteiger partial charge in [-0.25, -0.2) is 8.42 Å². The Bertz CT molecular complexity index is 550. The number of piperazine rings is 1. The highest BCUT2D eigenvalue weighted by Crippen LogP contribution is 2.16. The van der Waals surface area contributed by atoms with Crippen LogP contribution in [-0.2, 0) is 9.84 Å². The third-order valence-corrected chi connectivity index (χ3v) is 6.00. The highest BCUT2D eigenvalue weighted by atomic mass is 79.9. The highest BCUT2D eigenvalue weighted by molar-refractivity contribution is 9.10. The molecule has 0 unspecified atom stereocenters. The molecule has 5 nitrogen and oxygen atoms in total. The Morgan fingerprint density at radius 3 is 1.91 bits per heavy atom. The number of benzene rings is 1. The maximum atomic E-state index is 12.3. The van der Waals surface area contributed by atoms with Gasteiger partial charge < -0.3 is 5.73 Å². The molecule has 0 amide bonds. The first-order valence-electron chi connectivity index (χ1n) is 7.14. The van der Waals surface area contributed by atoms with E-state index in [4.69, 9.17) is 5.73 Å². The van der Waals surface area contributed by atoms with E-state index in [0.29, 0.717) is 18.0 Å². The average molecular weight is 449 g/mol. The fourth-order valence-corrected chi connectivity index (χ4v) is 3.98. The second kappa shape index (κ2) is 10.9. The molecule has 1 aromatic carbocycles. The van der Waals surface area contributed by atoms with E-state index >= 15 is 0 Å². The number of hydrogen-bond donors (Lipinski definition) is 1. The second-order valence-electron chi connectivity index (χ2n) is 5.24. The molecule has 0 spiro atoms. The zero-order chi connectivity index (χ0) is 15.3. The summed E-state index contributed by atoms with van der Waals surface area (Å²) in [5.41, 5.74) is 5.55. The molecule has 0 bridgehead atoms. The lowest BCUT2D eigenvalue weighted by Gasteiger charge is -2.34. The molecule has 134 valence electrons. The Kier molecular flexibility index (Phi) is 10.9. The van der Waals surface area contributed by atoms with Gasteiger partial charge in [-0.1, -0.05) is 15.9 Å². The van der Waals surface area contributed by atoms with Crippen molar-refractivity contribution in [2.45, 2.75) is 4.90 Å². The molecule has 2 N–H and O–H groups in total. The maximum absolute atomic E-state index is 12.3. The van der Waals surface area contributed by atoms with Crippen molar-refractivity contribution in [1.82, 2.24) is 9.80 Å². The van der Waals surface area contributed by atoms with Crippen LogP contribution in [0.2, 0.25) is 0 Å². The maximum Gasteiger partial charge on any atom is 0.179 e. The summed E-state index contributed by atoms with van der Waals surface area (Å²) >= 11 is 3.32. The molecule has 0 atom stereocenters. The highest BCUT2D eigenvalue weighted by Gasteiger charge is 2.20. The van der Waals surface area contributed by atoms with Gasteiger partial charge in [0.05, 0.1) is 10.6 Å². The van der Waals surface area contributed by atoms with Gasteiger partial charge in [-0.15, -0.1) is 24.8 Å². The van der Waals surface area contributed by atoms with Gasteiger partial charge in [0.15, 0.2) is 9.84 Å². The Morgan fingerprint density at radius 1 is 0.957 bits per heavy atom. The molecule has 1 aromatic rings.